The van der Waals surface area contributed by atoms with Gasteiger partial charge in [0.25, 0.3) is 0 Å². The lowest BCUT2D eigenvalue weighted by Gasteiger charge is -2.54. The average molecular weight is 685 g/mol. The van der Waals surface area contributed by atoms with E-state index in [1.54, 1.807) is 44.2 Å². The fourth-order valence-electron chi connectivity index (χ4n) is 9.19. The van der Waals surface area contributed by atoms with Gasteiger partial charge in [-0.15, -0.1) is 0 Å². The third kappa shape index (κ3) is 5.59. The summed E-state index contributed by atoms with van der Waals surface area (Å²) < 4.78 is 36.9. The number of fused-ring (bicyclic) bond motifs is 4. The molecule has 49 heavy (non-hydrogen) atoms. The third-order valence-electron chi connectivity index (χ3n) is 10.6. The lowest BCUT2D eigenvalue weighted by Crippen LogP contribution is -2.68. The minimum absolute atomic E-state index is 0.0508. The molecule has 2 fully saturated rings. The van der Waals surface area contributed by atoms with Gasteiger partial charge in [-0.25, -0.2) is 0 Å². The Morgan fingerprint density at radius 3 is 1.86 bits per heavy atom. The third-order valence-corrected chi connectivity index (χ3v) is 10.6. The summed E-state index contributed by atoms with van der Waals surface area (Å²) in [6.07, 6.45) is -7.73. The van der Waals surface area contributed by atoms with Gasteiger partial charge in [0.2, 0.25) is 0 Å². The molecule has 0 heterocycles. The van der Waals surface area contributed by atoms with Gasteiger partial charge >= 0.3 is 29.8 Å². The molecule has 10 atom stereocenters. The van der Waals surface area contributed by atoms with Crippen LogP contribution in [0, 0.1) is 22.7 Å². The molecule has 0 aliphatic heterocycles. The maximum Gasteiger partial charge on any atom is 0.303 e. The van der Waals surface area contributed by atoms with Crippen molar-refractivity contribution in [3.8, 4) is 5.75 Å². The molecule has 0 spiro atoms. The Kier molecular flexibility index (Phi) is 9.01. The van der Waals surface area contributed by atoms with Gasteiger partial charge < -0.3 is 33.5 Å². The molecule has 13 nitrogen and oxygen atoms in total. The Balaban J connectivity index is 1.95. The molecule has 4 aliphatic carbocycles. The van der Waals surface area contributed by atoms with Crippen LogP contribution in [0.3, 0.4) is 0 Å². The summed E-state index contributed by atoms with van der Waals surface area (Å²) in [5, 5.41) is 13.3. The number of aliphatic hydroxyl groups is 1. The summed E-state index contributed by atoms with van der Waals surface area (Å²) >= 11 is 0. The van der Waals surface area contributed by atoms with Gasteiger partial charge in [0.15, 0.2) is 23.6 Å². The number of esters is 5. The van der Waals surface area contributed by atoms with Crippen LogP contribution in [0.4, 0.5) is 0 Å². The number of ether oxygens (including phenoxy) is 6. The van der Waals surface area contributed by atoms with Crippen LogP contribution < -0.4 is 4.74 Å². The van der Waals surface area contributed by atoms with Crippen LogP contribution in [0.15, 0.2) is 41.5 Å². The zero-order chi connectivity index (χ0) is 36.4. The predicted octanol–water partition coefficient (Wildman–Crippen LogP) is 3.18. The van der Waals surface area contributed by atoms with Gasteiger partial charge in [0.1, 0.15) is 29.7 Å². The quantitative estimate of drug-likeness (QED) is 0.327. The molecule has 2 saturated carbocycles. The molecular weight excluding hydrogens is 640 g/mol. The smallest absolute Gasteiger partial charge is 0.303 e. The lowest BCUT2D eigenvalue weighted by atomic mass is 9.58. The fraction of sp³-hybridized carbons (Fsp3) is 0.611. The minimum Gasteiger partial charge on any atom is -0.490 e. The lowest BCUT2D eigenvalue weighted by molar-refractivity contribution is -0.238. The van der Waals surface area contributed by atoms with Crippen LogP contribution in [-0.2, 0) is 52.5 Å². The SMILES string of the molecule is CC(=O)OC1C2=C(CC3(OC(C)=O)C(OC(C)=O)C4C(Oc5ccccc5)C(C)CC4(O)C(OC(C)=O)C2(C)C3OC(C)=O)C(=O)C1(C)C. The van der Waals surface area contributed by atoms with Crippen LogP contribution in [0.5, 0.6) is 5.75 Å². The number of hydrogen-bond donors (Lipinski definition) is 1. The Morgan fingerprint density at radius 2 is 1.33 bits per heavy atom. The van der Waals surface area contributed by atoms with Crippen molar-refractivity contribution in [2.75, 3.05) is 0 Å². The Hall–Kier alpha value is -4.26. The molecule has 0 radical (unpaired) electrons. The molecule has 13 heteroatoms. The second-order valence-electron chi connectivity index (χ2n) is 14.5. The maximum atomic E-state index is 14.4. The molecule has 266 valence electrons. The largest absolute Gasteiger partial charge is 0.490 e. The highest BCUT2D eigenvalue weighted by Gasteiger charge is 2.81. The van der Waals surface area contributed by atoms with Crippen molar-refractivity contribution in [1.82, 2.24) is 0 Å². The molecule has 2 bridgehead atoms. The van der Waals surface area contributed by atoms with Gasteiger partial charge in [-0.1, -0.05) is 25.1 Å². The first-order valence-corrected chi connectivity index (χ1v) is 16.3. The highest BCUT2D eigenvalue weighted by atomic mass is 16.6. The molecule has 1 aromatic carbocycles. The monoisotopic (exact) mass is 684 g/mol. The van der Waals surface area contributed by atoms with E-state index >= 15 is 0 Å². The summed E-state index contributed by atoms with van der Waals surface area (Å²) in [4.78, 5) is 79.5. The maximum absolute atomic E-state index is 14.4. The normalized spacial score (nSPS) is 37.2. The Morgan fingerprint density at radius 1 is 0.776 bits per heavy atom. The van der Waals surface area contributed by atoms with E-state index in [1.807, 2.05) is 6.92 Å². The second kappa shape index (κ2) is 12.3. The van der Waals surface area contributed by atoms with Crippen molar-refractivity contribution in [1.29, 1.82) is 0 Å². The average Bonchev–Trinajstić information content (AvgIpc) is 3.32. The zero-order valence-electron chi connectivity index (χ0n) is 29.2. The molecule has 1 N–H and O–H groups in total. The van der Waals surface area contributed by atoms with E-state index in [2.05, 4.69) is 0 Å². The number of Topliss-reactive ketones (excluding diaryl/α,β-unsaturated/α-hetero) is 1. The van der Waals surface area contributed by atoms with Crippen molar-refractivity contribution < 1.29 is 62.3 Å². The van der Waals surface area contributed by atoms with Crippen molar-refractivity contribution in [2.45, 2.75) is 117 Å². The molecule has 4 aliphatic rings. The van der Waals surface area contributed by atoms with Gasteiger partial charge in [0.05, 0.1) is 16.7 Å². The summed E-state index contributed by atoms with van der Waals surface area (Å²) in [6.45, 7) is 12.2. The van der Waals surface area contributed by atoms with E-state index in [0.717, 1.165) is 27.7 Å². The summed E-state index contributed by atoms with van der Waals surface area (Å²) in [5.74, 6) is -5.96. The molecule has 10 unspecified atom stereocenters. The number of carbonyl (C=O) groups is 6. The number of rotatable bonds is 7. The second-order valence-corrected chi connectivity index (χ2v) is 14.5. The van der Waals surface area contributed by atoms with E-state index in [4.69, 9.17) is 28.4 Å². The van der Waals surface area contributed by atoms with Crippen LogP contribution in [0.1, 0.15) is 75.2 Å². The number of para-hydroxylation sites is 1. The number of hydrogen-bond acceptors (Lipinski definition) is 13. The van der Waals surface area contributed by atoms with E-state index in [0.29, 0.717) is 5.75 Å². The minimum atomic E-state index is -2.18. The van der Waals surface area contributed by atoms with Gasteiger partial charge in [-0.2, -0.15) is 0 Å². The topological polar surface area (TPSA) is 178 Å². The van der Waals surface area contributed by atoms with Crippen LogP contribution >= 0.6 is 0 Å². The van der Waals surface area contributed by atoms with E-state index < -0.39 is 106 Å². The number of ketones is 1. The Bertz CT molecular complexity index is 1610. The van der Waals surface area contributed by atoms with Crippen LogP contribution in [-0.4, -0.2) is 82.5 Å². The van der Waals surface area contributed by atoms with Crippen LogP contribution in [0.25, 0.3) is 0 Å². The summed E-state index contributed by atoms with van der Waals surface area (Å²) in [6, 6.07) is 8.70. The highest BCUT2D eigenvalue weighted by molar-refractivity contribution is 6.05. The summed E-state index contributed by atoms with van der Waals surface area (Å²) in [5.41, 5.74) is -7.44. The summed E-state index contributed by atoms with van der Waals surface area (Å²) in [7, 11) is 0. The molecular formula is C36H44O13. The van der Waals surface area contributed by atoms with E-state index in [9.17, 15) is 33.9 Å². The first-order chi connectivity index (χ1) is 22.7. The van der Waals surface area contributed by atoms with Gasteiger partial charge in [0, 0.05) is 46.6 Å². The molecule has 5 rings (SSSR count). The predicted molar refractivity (Wildman–Crippen MR) is 168 cm³/mol. The Labute approximate surface area is 284 Å². The van der Waals surface area contributed by atoms with Crippen LogP contribution in [0.2, 0.25) is 0 Å². The molecule has 0 amide bonds. The number of benzene rings is 1. The molecule has 0 saturated heterocycles. The zero-order valence-corrected chi connectivity index (χ0v) is 29.2. The highest BCUT2D eigenvalue weighted by Crippen LogP contribution is 2.67. The molecule has 0 aromatic heterocycles. The van der Waals surface area contributed by atoms with Gasteiger partial charge in [-0.05, 0) is 50.8 Å². The van der Waals surface area contributed by atoms with E-state index in [1.165, 1.54) is 13.8 Å². The van der Waals surface area contributed by atoms with Gasteiger partial charge in [-0.3, -0.25) is 28.8 Å². The first kappa shape index (κ1) is 36.0. The van der Waals surface area contributed by atoms with Crippen molar-refractivity contribution in [3.05, 3.63) is 41.5 Å². The van der Waals surface area contributed by atoms with Crippen molar-refractivity contribution >= 4 is 35.6 Å². The number of carbonyl (C=O) groups excluding carboxylic acids is 6. The van der Waals surface area contributed by atoms with E-state index in [-0.39, 0.29) is 17.6 Å². The first-order valence-electron chi connectivity index (χ1n) is 16.3. The fourth-order valence-corrected chi connectivity index (χ4v) is 9.19. The van der Waals surface area contributed by atoms with Crippen molar-refractivity contribution in [3.63, 3.8) is 0 Å². The standard InChI is InChI=1S/C36H44O13/c1-17-15-35(43)26(27(17)48-23-13-11-10-12-14-23)30(45-19(3)38)36(49-22(6)41)16-24-25(29(44-18(2)37)33(7,8)28(24)42)34(9,31(35)46-20(4)39)32(36)47-21(5)40/h10-14,17,26-27,29-32,43H,15-16H2,1-9H3. The van der Waals surface area contributed by atoms with Crippen molar-refractivity contribution in [2.24, 2.45) is 22.7 Å². The molecule has 1 aromatic rings.